The van der Waals surface area contributed by atoms with Gasteiger partial charge in [0.15, 0.2) is 5.84 Å². The summed E-state index contributed by atoms with van der Waals surface area (Å²) in [6.45, 7) is 3.82. The molecule has 0 aliphatic heterocycles. The van der Waals surface area contributed by atoms with Gasteiger partial charge in [-0.2, -0.15) is 0 Å². The maximum atomic E-state index is 8.84. The van der Waals surface area contributed by atoms with Gasteiger partial charge in [0.05, 0.1) is 5.56 Å². The van der Waals surface area contributed by atoms with Crippen LogP contribution in [0.3, 0.4) is 0 Å². The van der Waals surface area contributed by atoms with Gasteiger partial charge in [-0.15, -0.1) is 0 Å². The van der Waals surface area contributed by atoms with E-state index in [2.05, 4.69) is 5.16 Å². The summed E-state index contributed by atoms with van der Waals surface area (Å²) in [6.07, 6.45) is 0. The first kappa shape index (κ1) is 14.2. The highest BCUT2D eigenvalue weighted by Crippen LogP contribution is 2.28. The molecule has 4 nitrogen and oxygen atoms in total. The van der Waals surface area contributed by atoms with E-state index in [-0.39, 0.29) is 5.84 Å². The predicted octanol–water partition coefficient (Wildman–Crippen LogP) is 3.84. The molecule has 0 amide bonds. The van der Waals surface area contributed by atoms with Crippen LogP contribution in [0.25, 0.3) is 0 Å². The summed E-state index contributed by atoms with van der Waals surface area (Å²) in [4.78, 5) is 0. The second kappa shape index (κ2) is 5.84. The summed E-state index contributed by atoms with van der Waals surface area (Å²) in [5.41, 5.74) is 8.12. The van der Waals surface area contributed by atoms with Crippen molar-refractivity contribution in [1.82, 2.24) is 0 Å². The van der Waals surface area contributed by atoms with Crippen molar-refractivity contribution >= 4 is 17.4 Å². The summed E-state index contributed by atoms with van der Waals surface area (Å²) in [5.74, 6) is 1.17. The molecule has 2 aromatic carbocycles. The molecule has 3 N–H and O–H groups in total. The van der Waals surface area contributed by atoms with Crippen LogP contribution in [-0.2, 0) is 0 Å². The average molecular weight is 291 g/mol. The summed E-state index contributed by atoms with van der Waals surface area (Å²) in [7, 11) is 0. The van der Waals surface area contributed by atoms with Crippen molar-refractivity contribution in [2.75, 3.05) is 0 Å². The van der Waals surface area contributed by atoms with Gasteiger partial charge in [-0.05, 0) is 49.7 Å². The van der Waals surface area contributed by atoms with Crippen molar-refractivity contribution in [3.05, 3.63) is 58.1 Å². The third-order valence-corrected chi connectivity index (χ3v) is 3.30. The van der Waals surface area contributed by atoms with E-state index in [9.17, 15) is 0 Å². The molecule has 0 saturated carbocycles. The molecule has 0 fully saturated rings. The number of rotatable bonds is 3. The molecule has 0 unspecified atom stereocenters. The highest BCUT2D eigenvalue weighted by atomic mass is 35.5. The number of oxime groups is 1. The molecule has 0 radical (unpaired) electrons. The van der Waals surface area contributed by atoms with Gasteiger partial charge in [-0.1, -0.05) is 28.4 Å². The summed E-state index contributed by atoms with van der Waals surface area (Å²) in [6, 6.07) is 10.8. The first-order valence-corrected chi connectivity index (χ1v) is 6.41. The zero-order chi connectivity index (χ0) is 14.7. The molecule has 104 valence electrons. The number of halogens is 1. The van der Waals surface area contributed by atoms with E-state index in [4.69, 9.17) is 27.3 Å². The molecular weight excluding hydrogens is 276 g/mol. The fraction of sp³-hybridized carbons (Fsp3) is 0.133. The Hall–Kier alpha value is -2.20. The molecule has 0 atom stereocenters. The summed E-state index contributed by atoms with van der Waals surface area (Å²) < 4.78 is 5.79. The van der Waals surface area contributed by atoms with Crippen molar-refractivity contribution in [2.24, 2.45) is 10.9 Å². The Labute approximate surface area is 122 Å². The Morgan fingerprint density at radius 2 is 1.95 bits per heavy atom. The number of hydrogen-bond acceptors (Lipinski definition) is 3. The van der Waals surface area contributed by atoms with Crippen LogP contribution in [0.5, 0.6) is 11.5 Å². The van der Waals surface area contributed by atoms with Crippen LogP contribution in [0.1, 0.15) is 16.7 Å². The van der Waals surface area contributed by atoms with Gasteiger partial charge in [0, 0.05) is 5.02 Å². The van der Waals surface area contributed by atoms with Crippen LogP contribution >= 0.6 is 11.6 Å². The fourth-order valence-corrected chi connectivity index (χ4v) is 1.91. The van der Waals surface area contributed by atoms with E-state index in [1.54, 1.807) is 24.3 Å². The van der Waals surface area contributed by atoms with Crippen molar-refractivity contribution < 1.29 is 9.94 Å². The van der Waals surface area contributed by atoms with Gasteiger partial charge >= 0.3 is 0 Å². The molecule has 20 heavy (non-hydrogen) atoms. The van der Waals surface area contributed by atoms with Crippen LogP contribution < -0.4 is 10.5 Å². The maximum Gasteiger partial charge on any atom is 0.173 e. The van der Waals surface area contributed by atoms with E-state index < -0.39 is 0 Å². The van der Waals surface area contributed by atoms with Gasteiger partial charge in [-0.25, -0.2) is 0 Å². The lowest BCUT2D eigenvalue weighted by Crippen LogP contribution is -2.14. The SMILES string of the molecule is Cc1ccc(Oc2ccc(Cl)c(C)c2)c(/C(N)=N/O)c1. The van der Waals surface area contributed by atoms with Crippen LogP contribution in [0.4, 0.5) is 0 Å². The lowest BCUT2D eigenvalue weighted by Gasteiger charge is -2.12. The Bertz CT molecular complexity index is 669. The monoisotopic (exact) mass is 290 g/mol. The molecule has 0 bridgehead atoms. The zero-order valence-electron chi connectivity index (χ0n) is 11.2. The Morgan fingerprint density at radius 3 is 2.60 bits per heavy atom. The van der Waals surface area contributed by atoms with Gasteiger partial charge in [0.1, 0.15) is 11.5 Å². The number of aryl methyl sites for hydroxylation is 2. The number of amidine groups is 1. The number of nitrogens with zero attached hydrogens (tertiary/aromatic N) is 1. The molecule has 5 heteroatoms. The number of ether oxygens (including phenoxy) is 1. The first-order chi connectivity index (χ1) is 9.51. The molecule has 2 rings (SSSR count). The highest BCUT2D eigenvalue weighted by molar-refractivity contribution is 6.31. The minimum Gasteiger partial charge on any atom is -0.457 e. The molecule has 2 aromatic rings. The van der Waals surface area contributed by atoms with Gasteiger partial charge in [0.25, 0.3) is 0 Å². The van der Waals surface area contributed by atoms with Crippen molar-refractivity contribution in [2.45, 2.75) is 13.8 Å². The molecule has 0 aliphatic carbocycles. The van der Waals surface area contributed by atoms with Gasteiger partial charge in [0.2, 0.25) is 0 Å². The van der Waals surface area contributed by atoms with Gasteiger partial charge < -0.3 is 15.7 Å². The molecule has 0 aromatic heterocycles. The Morgan fingerprint density at radius 1 is 1.20 bits per heavy atom. The third kappa shape index (κ3) is 3.03. The van der Waals surface area contributed by atoms with E-state index in [1.807, 2.05) is 26.0 Å². The first-order valence-electron chi connectivity index (χ1n) is 6.04. The van der Waals surface area contributed by atoms with Crippen LogP contribution in [0.2, 0.25) is 5.02 Å². The van der Waals surface area contributed by atoms with Crippen molar-refractivity contribution in [3.63, 3.8) is 0 Å². The summed E-state index contributed by atoms with van der Waals surface area (Å²) in [5, 5.41) is 12.5. The summed E-state index contributed by atoms with van der Waals surface area (Å²) >= 11 is 5.98. The second-order valence-electron chi connectivity index (χ2n) is 4.50. The molecule has 0 spiro atoms. The van der Waals surface area contributed by atoms with E-state index >= 15 is 0 Å². The smallest absolute Gasteiger partial charge is 0.173 e. The minimum atomic E-state index is 0.00869. The van der Waals surface area contributed by atoms with Crippen molar-refractivity contribution in [3.8, 4) is 11.5 Å². The van der Waals surface area contributed by atoms with Gasteiger partial charge in [-0.3, -0.25) is 0 Å². The molecule has 0 aliphatic rings. The Kier molecular flexibility index (Phi) is 4.15. The van der Waals surface area contributed by atoms with Crippen LogP contribution in [-0.4, -0.2) is 11.0 Å². The average Bonchev–Trinajstić information content (AvgIpc) is 2.44. The Balaban J connectivity index is 2.40. The quantitative estimate of drug-likeness (QED) is 0.390. The fourth-order valence-electron chi connectivity index (χ4n) is 1.79. The normalized spacial score (nSPS) is 11.4. The van der Waals surface area contributed by atoms with Crippen LogP contribution in [0, 0.1) is 13.8 Å². The molecule has 0 heterocycles. The van der Waals surface area contributed by atoms with E-state index in [0.717, 1.165) is 11.1 Å². The lowest BCUT2D eigenvalue weighted by molar-refractivity contribution is 0.318. The van der Waals surface area contributed by atoms with E-state index in [0.29, 0.717) is 22.1 Å². The second-order valence-corrected chi connectivity index (χ2v) is 4.91. The third-order valence-electron chi connectivity index (χ3n) is 2.88. The maximum absolute atomic E-state index is 8.84. The topological polar surface area (TPSA) is 67.8 Å². The number of benzene rings is 2. The minimum absolute atomic E-state index is 0.00869. The number of nitrogens with two attached hydrogens (primary N) is 1. The standard InChI is InChI=1S/C15H15ClN2O2/c1-9-3-6-14(12(7-9)15(17)18-19)20-11-4-5-13(16)10(2)8-11/h3-8,19H,1-2H3,(H2,17,18). The molecular formula is C15H15ClN2O2. The molecule has 0 saturated heterocycles. The largest absolute Gasteiger partial charge is 0.457 e. The van der Waals surface area contributed by atoms with Crippen LogP contribution in [0.15, 0.2) is 41.6 Å². The number of hydrogen-bond donors (Lipinski definition) is 2. The lowest BCUT2D eigenvalue weighted by atomic mass is 10.1. The van der Waals surface area contributed by atoms with Crippen molar-refractivity contribution in [1.29, 1.82) is 0 Å². The van der Waals surface area contributed by atoms with E-state index in [1.165, 1.54) is 0 Å². The predicted molar refractivity (Wildman–Crippen MR) is 80.0 cm³/mol. The zero-order valence-corrected chi connectivity index (χ0v) is 12.0. The highest BCUT2D eigenvalue weighted by Gasteiger charge is 2.10.